The molecule has 0 aromatic rings. The van der Waals surface area contributed by atoms with Gasteiger partial charge < -0.3 is 0 Å². The molecule has 0 saturated heterocycles. The molecule has 0 radical (unpaired) electrons. The summed E-state index contributed by atoms with van der Waals surface area (Å²) in [6.07, 6.45) is 16.5. The maximum absolute atomic E-state index is 2.46. The predicted molar refractivity (Wildman–Crippen MR) is 82.8 cm³/mol. The first-order valence-electron chi connectivity index (χ1n) is 7.74. The summed E-state index contributed by atoms with van der Waals surface area (Å²) in [4.78, 5) is 0. The van der Waals surface area contributed by atoms with Crippen LogP contribution in [0, 0.1) is 0 Å². The van der Waals surface area contributed by atoms with Crippen molar-refractivity contribution in [2.24, 2.45) is 0 Å². The summed E-state index contributed by atoms with van der Waals surface area (Å²) in [6, 6.07) is 0. The van der Waals surface area contributed by atoms with Crippen LogP contribution in [0.4, 0.5) is 0 Å². The van der Waals surface area contributed by atoms with Crippen molar-refractivity contribution in [3.8, 4) is 0 Å². The van der Waals surface area contributed by atoms with E-state index in [0.29, 0.717) is 0 Å². The Hall–Kier alpha value is 0.430. The maximum atomic E-state index is 2.46. The molecule has 0 aromatic heterocycles. The molecule has 0 aliphatic carbocycles. The van der Waals surface area contributed by atoms with Gasteiger partial charge in [0.05, 0.1) is 0 Å². The van der Waals surface area contributed by atoms with Gasteiger partial charge in [-0.05, 0) is 0 Å². The molecule has 0 fully saturated rings. The van der Waals surface area contributed by atoms with Gasteiger partial charge in [-0.25, -0.2) is 0 Å². The van der Waals surface area contributed by atoms with Crippen molar-refractivity contribution in [3.63, 3.8) is 0 Å². The van der Waals surface area contributed by atoms with Crippen molar-refractivity contribution >= 4 is 7.26 Å². The van der Waals surface area contributed by atoms with Gasteiger partial charge in [-0.3, -0.25) is 0 Å². The fraction of sp³-hybridized carbons (Fsp3) is 1.00. The fourth-order valence-electron chi connectivity index (χ4n) is 3.07. The number of hydrogen-bond acceptors (Lipinski definition) is 0. The van der Waals surface area contributed by atoms with Crippen LogP contribution in [0.2, 0.25) is 0 Å². The van der Waals surface area contributed by atoms with Crippen LogP contribution in [0.15, 0.2) is 0 Å². The Balaban J connectivity index is 3.89. The van der Waals surface area contributed by atoms with Crippen molar-refractivity contribution in [2.75, 3.05) is 24.6 Å². The first-order valence-corrected chi connectivity index (χ1v) is 10.6. The summed E-state index contributed by atoms with van der Waals surface area (Å²) in [7, 11) is -0.830. The van der Waals surface area contributed by atoms with E-state index in [0.717, 1.165) is 0 Å². The molecule has 100 valence electrons. The molecule has 16 heavy (non-hydrogen) atoms. The van der Waals surface area contributed by atoms with E-state index in [1.165, 1.54) is 51.1 Å². The second kappa shape index (κ2) is 10.6. The topological polar surface area (TPSA) is 0 Å². The summed E-state index contributed by atoms with van der Waals surface area (Å²) in [6.45, 7) is 9.52. The van der Waals surface area contributed by atoms with E-state index in [2.05, 4.69) is 27.7 Å². The van der Waals surface area contributed by atoms with Crippen molar-refractivity contribution in [1.29, 1.82) is 0 Å². The molecule has 0 aliphatic rings. The van der Waals surface area contributed by atoms with Crippen LogP contribution in [0.5, 0.6) is 0 Å². The molecule has 0 spiro atoms. The minimum absolute atomic E-state index is 0.830. The molecule has 0 unspecified atom stereocenters. The average molecular weight is 246 g/mol. The van der Waals surface area contributed by atoms with Gasteiger partial charge in [-0.2, -0.15) is 0 Å². The molecule has 0 N–H and O–H groups in total. The Bertz CT molecular complexity index is 136. The zero-order chi connectivity index (χ0) is 12.3. The summed E-state index contributed by atoms with van der Waals surface area (Å²) in [5, 5.41) is 0. The zero-order valence-electron chi connectivity index (χ0n) is 12.3. The normalized spacial score (nSPS) is 13.0. The van der Waals surface area contributed by atoms with Gasteiger partial charge >= 0.3 is 105 Å². The van der Waals surface area contributed by atoms with Crippen LogP contribution >= 0.6 is 7.26 Å². The number of hydrogen-bond donors (Lipinski definition) is 0. The van der Waals surface area contributed by atoms with E-state index < -0.39 is 7.26 Å². The second-order valence-electron chi connectivity index (χ2n) is 5.52. The third-order valence-corrected chi connectivity index (χ3v) is 10.2. The fourth-order valence-corrected chi connectivity index (χ4v) is 8.00. The molecule has 0 rings (SSSR count). The van der Waals surface area contributed by atoms with Crippen LogP contribution < -0.4 is 0 Å². The number of unbranched alkanes of at least 4 members (excludes halogenated alkanes) is 4. The van der Waals surface area contributed by atoms with Gasteiger partial charge in [0.2, 0.25) is 0 Å². The molecule has 0 aliphatic heterocycles. The van der Waals surface area contributed by atoms with Crippen LogP contribution in [-0.2, 0) is 0 Å². The summed E-state index contributed by atoms with van der Waals surface area (Å²) in [5.74, 6) is 0. The SMILES string of the molecule is CCCCCCC[PH](CC)(CCC)CCC. The molecule has 1 heteroatoms. The third kappa shape index (κ3) is 6.89. The molecular formula is C15H35P. The summed E-state index contributed by atoms with van der Waals surface area (Å²) in [5.41, 5.74) is 0. The van der Waals surface area contributed by atoms with E-state index in [1.54, 1.807) is 18.5 Å². The molecule has 0 saturated carbocycles. The van der Waals surface area contributed by atoms with E-state index >= 15 is 0 Å². The van der Waals surface area contributed by atoms with Crippen molar-refractivity contribution < 1.29 is 0 Å². The molecular weight excluding hydrogens is 211 g/mol. The quantitative estimate of drug-likeness (QED) is 0.331. The molecule has 0 heterocycles. The van der Waals surface area contributed by atoms with Crippen molar-refractivity contribution in [3.05, 3.63) is 0 Å². The Morgan fingerprint density at radius 1 is 0.562 bits per heavy atom. The van der Waals surface area contributed by atoms with Gasteiger partial charge in [0.15, 0.2) is 0 Å². The molecule has 0 aromatic carbocycles. The predicted octanol–water partition coefficient (Wildman–Crippen LogP) is 5.55. The van der Waals surface area contributed by atoms with E-state index in [4.69, 9.17) is 0 Å². The first-order chi connectivity index (χ1) is 7.74. The van der Waals surface area contributed by atoms with Gasteiger partial charge in [0.1, 0.15) is 0 Å². The monoisotopic (exact) mass is 246 g/mol. The van der Waals surface area contributed by atoms with Crippen molar-refractivity contribution in [2.45, 2.75) is 72.6 Å². The first kappa shape index (κ1) is 16.4. The Kier molecular flexibility index (Phi) is 10.9. The van der Waals surface area contributed by atoms with Crippen molar-refractivity contribution in [1.82, 2.24) is 0 Å². The van der Waals surface area contributed by atoms with E-state index in [9.17, 15) is 0 Å². The van der Waals surface area contributed by atoms with Gasteiger partial charge in [-0.15, -0.1) is 0 Å². The number of rotatable bonds is 11. The van der Waals surface area contributed by atoms with Gasteiger partial charge in [0.25, 0.3) is 0 Å². The molecule has 0 atom stereocenters. The summed E-state index contributed by atoms with van der Waals surface area (Å²) < 4.78 is 0. The molecule has 0 nitrogen and oxygen atoms in total. The zero-order valence-corrected chi connectivity index (χ0v) is 13.3. The van der Waals surface area contributed by atoms with Crippen LogP contribution in [0.3, 0.4) is 0 Å². The van der Waals surface area contributed by atoms with Gasteiger partial charge in [-0.1, -0.05) is 0 Å². The second-order valence-corrected chi connectivity index (χ2v) is 10.7. The van der Waals surface area contributed by atoms with Crippen LogP contribution in [0.1, 0.15) is 72.6 Å². The Morgan fingerprint density at radius 2 is 1.12 bits per heavy atom. The molecule has 0 bridgehead atoms. The van der Waals surface area contributed by atoms with Crippen LogP contribution in [0.25, 0.3) is 0 Å². The standard InChI is InChI=1S/C15H35P/c1-5-9-10-11-12-15-16(8-4,13-6-2)14-7-3/h16H,5-15H2,1-4H3. The average Bonchev–Trinajstić information content (AvgIpc) is 2.29. The van der Waals surface area contributed by atoms with Crippen LogP contribution in [-0.4, -0.2) is 24.6 Å². The van der Waals surface area contributed by atoms with Gasteiger partial charge in [0, 0.05) is 0 Å². The molecule has 0 amide bonds. The Labute approximate surface area is 105 Å². The third-order valence-electron chi connectivity index (χ3n) is 4.12. The minimum atomic E-state index is -0.830. The Morgan fingerprint density at radius 3 is 1.56 bits per heavy atom. The summed E-state index contributed by atoms with van der Waals surface area (Å²) >= 11 is 0. The van der Waals surface area contributed by atoms with E-state index in [-0.39, 0.29) is 0 Å². The van der Waals surface area contributed by atoms with E-state index in [1.807, 2.05) is 0 Å².